The van der Waals surface area contributed by atoms with E-state index in [1.807, 2.05) is 19.2 Å². The number of aryl methyl sites for hydroxylation is 1. The minimum Gasteiger partial charge on any atom is -0.450 e. The molecule has 6 rings (SSSR count). The molecule has 0 unspecified atom stereocenters. The van der Waals surface area contributed by atoms with Crippen molar-refractivity contribution in [3.63, 3.8) is 0 Å². The number of imidazole rings is 1. The maximum Gasteiger partial charge on any atom is 0.274 e. The fourth-order valence-electron chi connectivity index (χ4n) is 4.34. The largest absolute Gasteiger partial charge is 0.450 e. The van der Waals surface area contributed by atoms with Gasteiger partial charge >= 0.3 is 0 Å². The lowest BCUT2D eigenvalue weighted by atomic mass is 10.1. The second-order valence-corrected chi connectivity index (χ2v) is 9.83. The SMILES string of the molecule is C[C@@H](CO)Cn1cc(C2CC2)cc(Nc2nc3ncc(Oc4cnn5ccncc45)c(Cl)c3n2C)c1=O. The van der Waals surface area contributed by atoms with Gasteiger partial charge in [0.25, 0.3) is 5.56 Å². The first-order chi connectivity index (χ1) is 17.9. The molecule has 1 atom stereocenters. The molecule has 0 aliphatic heterocycles. The topological polar surface area (TPSA) is 124 Å². The molecule has 190 valence electrons. The van der Waals surface area contributed by atoms with Crippen LogP contribution in [0.2, 0.25) is 5.02 Å². The highest BCUT2D eigenvalue weighted by Crippen LogP contribution is 2.41. The van der Waals surface area contributed by atoms with Crippen molar-refractivity contribution in [1.29, 1.82) is 0 Å². The van der Waals surface area contributed by atoms with Crippen LogP contribution in [0.15, 0.2) is 48.0 Å². The number of nitrogens with one attached hydrogen (secondary N) is 1. The molecule has 1 saturated carbocycles. The van der Waals surface area contributed by atoms with E-state index >= 15 is 0 Å². The molecule has 5 heterocycles. The van der Waals surface area contributed by atoms with E-state index in [0.29, 0.717) is 57.3 Å². The highest BCUT2D eigenvalue weighted by molar-refractivity contribution is 6.36. The van der Waals surface area contributed by atoms with Crippen LogP contribution in [0.3, 0.4) is 0 Å². The van der Waals surface area contributed by atoms with Gasteiger partial charge in [0.15, 0.2) is 17.1 Å². The van der Waals surface area contributed by atoms with Gasteiger partial charge in [0.2, 0.25) is 5.95 Å². The van der Waals surface area contributed by atoms with Crippen LogP contribution in [0, 0.1) is 5.92 Å². The molecule has 0 spiro atoms. The fourth-order valence-corrected chi connectivity index (χ4v) is 4.64. The molecule has 12 heteroatoms. The molecule has 5 aromatic rings. The van der Waals surface area contributed by atoms with E-state index in [1.54, 1.807) is 45.5 Å². The third-order valence-electron chi connectivity index (χ3n) is 6.54. The normalized spacial score (nSPS) is 14.4. The van der Waals surface area contributed by atoms with Crippen LogP contribution in [0.25, 0.3) is 16.7 Å². The monoisotopic (exact) mass is 520 g/mol. The molecule has 37 heavy (non-hydrogen) atoms. The predicted octanol–water partition coefficient (Wildman–Crippen LogP) is 3.87. The van der Waals surface area contributed by atoms with Gasteiger partial charge in [0.1, 0.15) is 21.7 Å². The highest BCUT2D eigenvalue weighted by Gasteiger charge is 2.26. The Morgan fingerprint density at radius 1 is 1.27 bits per heavy atom. The molecule has 0 saturated heterocycles. The van der Waals surface area contributed by atoms with Gasteiger partial charge in [-0.25, -0.2) is 9.50 Å². The Kier molecular flexibility index (Phi) is 5.81. The summed E-state index contributed by atoms with van der Waals surface area (Å²) < 4.78 is 11.1. The summed E-state index contributed by atoms with van der Waals surface area (Å²) in [5, 5.41) is 17.3. The third kappa shape index (κ3) is 4.30. The predicted molar refractivity (Wildman–Crippen MR) is 139 cm³/mol. The van der Waals surface area contributed by atoms with E-state index in [1.165, 1.54) is 6.20 Å². The summed E-state index contributed by atoms with van der Waals surface area (Å²) in [4.78, 5) is 26.4. The van der Waals surface area contributed by atoms with Crippen molar-refractivity contribution in [2.45, 2.75) is 32.2 Å². The number of rotatable bonds is 8. The molecule has 0 aromatic carbocycles. The first-order valence-corrected chi connectivity index (χ1v) is 12.4. The average Bonchev–Trinajstić information content (AvgIpc) is 3.60. The third-order valence-corrected chi connectivity index (χ3v) is 6.90. The minimum atomic E-state index is -0.179. The molecule has 11 nitrogen and oxygen atoms in total. The van der Waals surface area contributed by atoms with Gasteiger partial charge in [-0.15, -0.1) is 0 Å². The number of pyridine rings is 2. The average molecular weight is 521 g/mol. The van der Waals surface area contributed by atoms with Crippen molar-refractivity contribution in [3.8, 4) is 11.5 Å². The quantitative estimate of drug-likeness (QED) is 0.316. The Morgan fingerprint density at radius 2 is 2.11 bits per heavy atom. The lowest BCUT2D eigenvalue weighted by Crippen LogP contribution is -2.26. The zero-order valence-electron chi connectivity index (χ0n) is 20.3. The van der Waals surface area contributed by atoms with Crippen molar-refractivity contribution in [2.24, 2.45) is 13.0 Å². The summed E-state index contributed by atoms with van der Waals surface area (Å²) in [6, 6.07) is 1.89. The summed E-state index contributed by atoms with van der Waals surface area (Å²) >= 11 is 6.75. The van der Waals surface area contributed by atoms with Gasteiger partial charge in [0.05, 0.1) is 18.6 Å². The second-order valence-electron chi connectivity index (χ2n) is 9.45. The van der Waals surface area contributed by atoms with Crippen molar-refractivity contribution >= 4 is 39.9 Å². The number of aliphatic hydroxyl groups excluding tert-OH is 1. The molecular weight excluding hydrogens is 496 g/mol. The molecule has 1 aliphatic rings. The molecule has 0 bridgehead atoms. The summed E-state index contributed by atoms with van der Waals surface area (Å²) in [5.74, 6) is 1.67. The Hall–Kier alpha value is -3.96. The molecule has 0 amide bonds. The van der Waals surface area contributed by atoms with Crippen LogP contribution >= 0.6 is 11.6 Å². The van der Waals surface area contributed by atoms with Gasteiger partial charge in [-0.05, 0) is 36.3 Å². The second kappa shape index (κ2) is 9.16. The number of anilines is 2. The van der Waals surface area contributed by atoms with Crippen molar-refractivity contribution in [2.75, 3.05) is 11.9 Å². The Labute approximate surface area is 216 Å². The lowest BCUT2D eigenvalue weighted by molar-refractivity contribution is 0.222. The number of aliphatic hydroxyl groups is 1. The first-order valence-electron chi connectivity index (χ1n) is 12.0. The number of nitrogens with zero attached hydrogens (tertiary/aromatic N) is 7. The fraction of sp³-hybridized carbons (Fsp3) is 0.320. The number of hydrogen-bond acceptors (Lipinski definition) is 8. The molecule has 0 radical (unpaired) electrons. The summed E-state index contributed by atoms with van der Waals surface area (Å²) in [5.41, 5.74) is 3.00. The zero-order chi connectivity index (χ0) is 25.7. The smallest absolute Gasteiger partial charge is 0.274 e. The maximum absolute atomic E-state index is 13.3. The van der Waals surface area contributed by atoms with Gasteiger partial charge in [-0.3, -0.25) is 9.78 Å². The minimum absolute atomic E-state index is 0.00790. The number of hydrogen-bond donors (Lipinski definition) is 2. The van der Waals surface area contributed by atoms with Crippen LogP contribution in [0.5, 0.6) is 11.5 Å². The lowest BCUT2D eigenvalue weighted by Gasteiger charge is -2.15. The van der Waals surface area contributed by atoms with Crippen molar-refractivity contribution in [1.82, 2.24) is 33.7 Å². The Morgan fingerprint density at radius 3 is 2.89 bits per heavy atom. The van der Waals surface area contributed by atoms with Crippen LogP contribution in [-0.4, -0.2) is 45.4 Å². The summed E-state index contributed by atoms with van der Waals surface area (Å²) in [7, 11) is 1.80. The molecule has 2 N–H and O–H groups in total. The molecule has 1 aliphatic carbocycles. The van der Waals surface area contributed by atoms with E-state index in [-0.39, 0.29) is 18.1 Å². The highest BCUT2D eigenvalue weighted by atomic mass is 35.5. The number of fused-ring (bicyclic) bond motifs is 2. The Balaban J connectivity index is 1.36. The first kappa shape index (κ1) is 23.4. The van der Waals surface area contributed by atoms with Crippen LogP contribution in [-0.2, 0) is 13.6 Å². The number of aromatic nitrogens is 7. The van der Waals surface area contributed by atoms with Crippen molar-refractivity contribution < 1.29 is 9.84 Å². The van der Waals surface area contributed by atoms with Gasteiger partial charge in [-0.2, -0.15) is 10.1 Å². The Bertz CT molecular complexity index is 1690. The van der Waals surface area contributed by atoms with E-state index < -0.39 is 0 Å². The van der Waals surface area contributed by atoms with Gasteiger partial charge in [0, 0.05) is 38.8 Å². The standard InChI is InChI=1S/C25H25ClN8O3/c1-14(13-35)11-33-12-16(15-3-4-15)7-17(24(33)36)30-25-31-23-22(32(25)2)21(26)20(9-28-23)37-19-10-29-34-6-5-27-8-18(19)34/h5-10,12,14-15,35H,3-4,11,13H2,1-2H3,(H,28,30,31)/t14-/m1/s1. The van der Waals surface area contributed by atoms with Crippen molar-refractivity contribution in [3.05, 3.63) is 64.2 Å². The summed E-state index contributed by atoms with van der Waals surface area (Å²) in [6.45, 7) is 2.35. The molecule has 1 fully saturated rings. The zero-order valence-corrected chi connectivity index (χ0v) is 21.1. The molecule has 5 aromatic heterocycles. The summed E-state index contributed by atoms with van der Waals surface area (Å²) in [6.07, 6.45) is 12.2. The van der Waals surface area contributed by atoms with Crippen LogP contribution in [0.1, 0.15) is 31.2 Å². The number of ether oxygens (including phenoxy) is 1. The van der Waals surface area contributed by atoms with E-state index in [2.05, 4.69) is 25.4 Å². The van der Waals surface area contributed by atoms with E-state index in [4.69, 9.17) is 16.3 Å². The van der Waals surface area contributed by atoms with Crippen LogP contribution < -0.4 is 15.6 Å². The number of halogens is 1. The van der Waals surface area contributed by atoms with Crippen LogP contribution in [0.4, 0.5) is 11.6 Å². The molecular formula is C25H25ClN8O3. The van der Waals surface area contributed by atoms with E-state index in [0.717, 1.165) is 18.4 Å². The van der Waals surface area contributed by atoms with Gasteiger partial charge in [-0.1, -0.05) is 18.5 Å². The maximum atomic E-state index is 13.3. The van der Waals surface area contributed by atoms with E-state index in [9.17, 15) is 9.90 Å². The van der Waals surface area contributed by atoms with Gasteiger partial charge < -0.3 is 24.3 Å².